The first-order chi connectivity index (χ1) is 6.63. The fourth-order valence-corrected chi connectivity index (χ4v) is 3.42. The summed E-state index contributed by atoms with van der Waals surface area (Å²) in [5.41, 5.74) is -0.0330. The Labute approximate surface area is 85.8 Å². The molecular formula is C11H20N2O. The molecule has 0 aromatic carbocycles. The van der Waals surface area contributed by atoms with Gasteiger partial charge in [-0.05, 0) is 26.3 Å². The average molecular weight is 196 g/mol. The first-order valence-corrected chi connectivity index (χ1v) is 5.60. The summed E-state index contributed by atoms with van der Waals surface area (Å²) in [7, 11) is 3.93. The second-order valence-electron chi connectivity index (χ2n) is 4.71. The molecule has 3 atom stereocenters. The van der Waals surface area contributed by atoms with Gasteiger partial charge in [0.05, 0.1) is 5.66 Å². The summed E-state index contributed by atoms with van der Waals surface area (Å²) in [6.45, 7) is 2.08. The van der Waals surface area contributed by atoms with Gasteiger partial charge in [-0.25, -0.2) is 0 Å². The van der Waals surface area contributed by atoms with Crippen LogP contribution in [0.5, 0.6) is 0 Å². The van der Waals surface area contributed by atoms with Crippen molar-refractivity contribution >= 4 is 5.91 Å². The van der Waals surface area contributed by atoms with Crippen LogP contribution in [-0.2, 0) is 4.79 Å². The van der Waals surface area contributed by atoms with E-state index in [0.29, 0.717) is 11.8 Å². The van der Waals surface area contributed by atoms with Crippen LogP contribution in [0.1, 0.15) is 32.6 Å². The predicted octanol–water partition coefficient (Wildman–Crippen LogP) is 1.20. The molecule has 0 bridgehead atoms. The van der Waals surface area contributed by atoms with E-state index < -0.39 is 0 Å². The molecule has 1 amide bonds. The number of hydrogen-bond acceptors (Lipinski definition) is 2. The summed E-state index contributed by atoms with van der Waals surface area (Å²) in [6, 6.07) is 0. The maximum Gasteiger partial charge on any atom is 0.227 e. The normalized spacial score (nSPS) is 42.8. The zero-order valence-corrected chi connectivity index (χ0v) is 9.34. The van der Waals surface area contributed by atoms with Crippen LogP contribution in [0.3, 0.4) is 0 Å². The Bertz CT molecular complexity index is 254. The van der Waals surface area contributed by atoms with E-state index in [9.17, 15) is 4.79 Å². The number of likely N-dealkylation sites (tertiary alicyclic amines) is 1. The Kier molecular flexibility index (Phi) is 2.30. The van der Waals surface area contributed by atoms with Gasteiger partial charge >= 0.3 is 0 Å². The van der Waals surface area contributed by atoms with E-state index in [1.165, 1.54) is 19.3 Å². The maximum atomic E-state index is 11.9. The first-order valence-electron chi connectivity index (χ1n) is 5.60. The van der Waals surface area contributed by atoms with E-state index in [2.05, 4.69) is 12.2 Å². The van der Waals surface area contributed by atoms with E-state index >= 15 is 0 Å². The van der Waals surface area contributed by atoms with Gasteiger partial charge < -0.3 is 4.90 Å². The minimum Gasteiger partial charge on any atom is -0.327 e. The maximum absolute atomic E-state index is 11.9. The molecular weight excluding hydrogens is 176 g/mol. The van der Waals surface area contributed by atoms with Gasteiger partial charge in [-0.2, -0.15) is 0 Å². The number of nitrogens with zero attached hydrogens (tertiary/aromatic N) is 1. The average Bonchev–Trinajstić information content (AvgIpc) is 2.42. The largest absolute Gasteiger partial charge is 0.327 e. The molecule has 2 aliphatic rings. The molecule has 0 unspecified atom stereocenters. The predicted molar refractivity (Wildman–Crippen MR) is 55.7 cm³/mol. The van der Waals surface area contributed by atoms with E-state index in [4.69, 9.17) is 0 Å². The molecule has 3 nitrogen and oxygen atoms in total. The summed E-state index contributed by atoms with van der Waals surface area (Å²) >= 11 is 0. The van der Waals surface area contributed by atoms with Gasteiger partial charge in [-0.3, -0.25) is 10.1 Å². The van der Waals surface area contributed by atoms with Crippen LogP contribution in [0.15, 0.2) is 0 Å². The fraction of sp³-hybridized carbons (Fsp3) is 0.909. The standard InChI is InChI=1S/C11H20N2O/c1-8-9-6-4-5-7-11(9,12-2)13(3)10(8)14/h8-9,12H,4-7H2,1-3H3/t8-,9-,11-/m0/s1. The van der Waals surface area contributed by atoms with Gasteiger partial charge in [0.2, 0.25) is 5.91 Å². The highest BCUT2D eigenvalue weighted by molar-refractivity contribution is 5.82. The van der Waals surface area contributed by atoms with Crippen molar-refractivity contribution in [1.82, 2.24) is 10.2 Å². The van der Waals surface area contributed by atoms with Crippen molar-refractivity contribution in [2.45, 2.75) is 38.3 Å². The number of amides is 1. The molecule has 1 aliphatic carbocycles. The van der Waals surface area contributed by atoms with Crippen LogP contribution in [-0.4, -0.2) is 30.6 Å². The quantitative estimate of drug-likeness (QED) is 0.683. The number of fused-ring (bicyclic) bond motifs is 1. The molecule has 3 heteroatoms. The molecule has 1 saturated heterocycles. The lowest BCUT2D eigenvalue weighted by atomic mass is 9.75. The summed E-state index contributed by atoms with van der Waals surface area (Å²) in [5.74, 6) is 1.03. The van der Waals surface area contributed by atoms with Crippen molar-refractivity contribution in [2.24, 2.45) is 11.8 Å². The molecule has 1 N–H and O–H groups in total. The lowest BCUT2D eigenvalue weighted by molar-refractivity contribution is -0.132. The fourth-order valence-electron chi connectivity index (χ4n) is 3.42. The van der Waals surface area contributed by atoms with Gasteiger partial charge in [0.1, 0.15) is 0 Å². The number of carbonyl (C=O) groups is 1. The minimum atomic E-state index is -0.0330. The number of carbonyl (C=O) groups excluding carboxylic acids is 1. The van der Waals surface area contributed by atoms with Crippen LogP contribution in [0.4, 0.5) is 0 Å². The molecule has 0 radical (unpaired) electrons. The van der Waals surface area contributed by atoms with E-state index in [-0.39, 0.29) is 11.6 Å². The third-order valence-corrected chi connectivity index (χ3v) is 4.29. The molecule has 0 aromatic rings. The van der Waals surface area contributed by atoms with E-state index in [0.717, 1.165) is 6.42 Å². The second-order valence-corrected chi connectivity index (χ2v) is 4.71. The Morgan fingerprint density at radius 1 is 1.50 bits per heavy atom. The monoisotopic (exact) mass is 196 g/mol. The van der Waals surface area contributed by atoms with Crippen LogP contribution in [0.2, 0.25) is 0 Å². The molecule has 1 aliphatic heterocycles. The van der Waals surface area contributed by atoms with Crippen LogP contribution in [0, 0.1) is 11.8 Å². The summed E-state index contributed by atoms with van der Waals surface area (Å²) in [5, 5.41) is 3.40. The van der Waals surface area contributed by atoms with Crippen molar-refractivity contribution in [3.05, 3.63) is 0 Å². The van der Waals surface area contributed by atoms with Crippen molar-refractivity contribution in [3.8, 4) is 0 Å². The van der Waals surface area contributed by atoms with Crippen molar-refractivity contribution in [2.75, 3.05) is 14.1 Å². The van der Waals surface area contributed by atoms with Gasteiger partial charge in [0, 0.05) is 18.9 Å². The molecule has 14 heavy (non-hydrogen) atoms. The van der Waals surface area contributed by atoms with Crippen LogP contribution < -0.4 is 5.32 Å². The summed E-state index contributed by atoms with van der Waals surface area (Å²) in [6.07, 6.45) is 4.82. The lowest BCUT2D eigenvalue weighted by Crippen LogP contribution is -2.58. The van der Waals surface area contributed by atoms with E-state index in [1.54, 1.807) is 0 Å². The van der Waals surface area contributed by atoms with Gasteiger partial charge in [-0.15, -0.1) is 0 Å². The second kappa shape index (κ2) is 3.23. The summed E-state index contributed by atoms with van der Waals surface area (Å²) in [4.78, 5) is 13.9. The van der Waals surface area contributed by atoms with Gasteiger partial charge in [0.15, 0.2) is 0 Å². The Balaban J connectivity index is 2.35. The number of hydrogen-bond donors (Lipinski definition) is 1. The molecule has 1 heterocycles. The highest BCUT2D eigenvalue weighted by atomic mass is 16.2. The first kappa shape index (κ1) is 9.97. The molecule has 2 fully saturated rings. The third kappa shape index (κ3) is 1.05. The lowest BCUT2D eigenvalue weighted by Gasteiger charge is -2.43. The zero-order chi connectivity index (χ0) is 10.3. The molecule has 1 saturated carbocycles. The molecule has 0 spiro atoms. The molecule has 0 aromatic heterocycles. The van der Waals surface area contributed by atoms with E-state index in [1.807, 2.05) is 19.0 Å². The SMILES string of the molecule is CN[C@]12CCCC[C@H]1[C@H](C)C(=O)N2C. The topological polar surface area (TPSA) is 32.3 Å². The zero-order valence-electron chi connectivity index (χ0n) is 9.34. The van der Waals surface area contributed by atoms with Crippen LogP contribution in [0.25, 0.3) is 0 Å². The Hall–Kier alpha value is -0.570. The van der Waals surface area contributed by atoms with Gasteiger partial charge in [0.25, 0.3) is 0 Å². The van der Waals surface area contributed by atoms with Crippen molar-refractivity contribution in [1.29, 1.82) is 0 Å². The smallest absolute Gasteiger partial charge is 0.227 e. The number of nitrogens with one attached hydrogen (secondary N) is 1. The molecule has 80 valence electrons. The number of rotatable bonds is 1. The highest BCUT2D eigenvalue weighted by Gasteiger charge is 2.54. The van der Waals surface area contributed by atoms with Crippen molar-refractivity contribution < 1.29 is 4.79 Å². The Morgan fingerprint density at radius 2 is 2.21 bits per heavy atom. The third-order valence-electron chi connectivity index (χ3n) is 4.29. The highest BCUT2D eigenvalue weighted by Crippen LogP contribution is 2.45. The van der Waals surface area contributed by atoms with Crippen LogP contribution >= 0.6 is 0 Å². The Morgan fingerprint density at radius 3 is 2.79 bits per heavy atom. The molecule has 2 rings (SSSR count). The van der Waals surface area contributed by atoms with Crippen molar-refractivity contribution in [3.63, 3.8) is 0 Å². The summed E-state index contributed by atoms with van der Waals surface area (Å²) < 4.78 is 0. The van der Waals surface area contributed by atoms with Gasteiger partial charge in [-0.1, -0.05) is 13.3 Å². The minimum absolute atomic E-state index is 0.0330.